The van der Waals surface area contributed by atoms with Crippen LogP contribution in [0.25, 0.3) is 0 Å². The van der Waals surface area contributed by atoms with Crippen molar-refractivity contribution in [3.63, 3.8) is 0 Å². The summed E-state index contributed by atoms with van der Waals surface area (Å²) in [4.78, 5) is 0. The predicted octanol–water partition coefficient (Wildman–Crippen LogP) is 3.50. The van der Waals surface area contributed by atoms with Gasteiger partial charge in [-0.15, -0.1) is 0 Å². The first-order chi connectivity index (χ1) is 9.45. The average Bonchev–Trinajstić information content (AvgIpc) is 2.43. The quantitative estimate of drug-likeness (QED) is 0.893. The number of rotatable bonds is 5. The van der Waals surface area contributed by atoms with Gasteiger partial charge in [-0.05, 0) is 54.5 Å². The van der Waals surface area contributed by atoms with E-state index < -0.39 is 0 Å². The molecule has 1 aliphatic carbocycles. The van der Waals surface area contributed by atoms with Crippen molar-refractivity contribution in [3.05, 3.63) is 23.3 Å². The van der Waals surface area contributed by atoms with Crippen molar-refractivity contribution in [3.8, 4) is 11.5 Å². The van der Waals surface area contributed by atoms with Crippen LogP contribution < -0.4 is 14.8 Å². The molecule has 0 amide bonds. The molecule has 1 aliphatic rings. The zero-order valence-electron chi connectivity index (χ0n) is 13.5. The molecule has 1 fully saturated rings. The molecule has 2 unspecified atom stereocenters. The second-order valence-corrected chi connectivity index (χ2v) is 6.28. The van der Waals surface area contributed by atoms with Gasteiger partial charge < -0.3 is 14.8 Å². The van der Waals surface area contributed by atoms with E-state index in [9.17, 15) is 0 Å². The highest BCUT2D eigenvalue weighted by Gasteiger charge is 2.48. The van der Waals surface area contributed by atoms with Crippen LogP contribution in [-0.2, 0) is 0 Å². The van der Waals surface area contributed by atoms with Crippen molar-refractivity contribution in [2.75, 3.05) is 20.8 Å². The second-order valence-electron chi connectivity index (χ2n) is 6.28. The van der Waals surface area contributed by atoms with Crippen molar-refractivity contribution >= 4 is 0 Å². The van der Waals surface area contributed by atoms with Crippen molar-refractivity contribution < 1.29 is 9.47 Å². The molecule has 0 heterocycles. The molecule has 2 rings (SSSR count). The van der Waals surface area contributed by atoms with E-state index in [1.54, 1.807) is 14.2 Å². The van der Waals surface area contributed by atoms with Crippen LogP contribution in [0.3, 0.4) is 0 Å². The maximum Gasteiger partial charge on any atom is 0.161 e. The third-order valence-electron chi connectivity index (χ3n) is 4.87. The largest absolute Gasteiger partial charge is 0.493 e. The van der Waals surface area contributed by atoms with E-state index in [4.69, 9.17) is 9.47 Å². The van der Waals surface area contributed by atoms with Gasteiger partial charge in [0.25, 0.3) is 0 Å². The molecule has 1 aromatic rings. The van der Waals surface area contributed by atoms with E-state index in [-0.39, 0.29) is 5.41 Å². The highest BCUT2D eigenvalue weighted by Crippen LogP contribution is 2.54. The monoisotopic (exact) mass is 277 g/mol. The van der Waals surface area contributed by atoms with Gasteiger partial charge in [0, 0.05) is 6.04 Å². The van der Waals surface area contributed by atoms with Crippen LogP contribution in [0, 0.1) is 12.3 Å². The minimum Gasteiger partial charge on any atom is -0.493 e. The third kappa shape index (κ3) is 2.39. The normalized spacial score (nSPS) is 24.1. The van der Waals surface area contributed by atoms with Crippen LogP contribution in [0.1, 0.15) is 44.2 Å². The fraction of sp³-hybridized carbons (Fsp3) is 0.647. The molecule has 1 saturated carbocycles. The molecule has 0 spiro atoms. The highest BCUT2D eigenvalue weighted by molar-refractivity contribution is 5.49. The van der Waals surface area contributed by atoms with Crippen LogP contribution in [0.2, 0.25) is 0 Å². The van der Waals surface area contributed by atoms with Crippen LogP contribution in [-0.4, -0.2) is 26.8 Å². The van der Waals surface area contributed by atoms with Gasteiger partial charge >= 0.3 is 0 Å². The summed E-state index contributed by atoms with van der Waals surface area (Å²) in [5, 5.41) is 3.59. The Hall–Kier alpha value is -1.22. The molecule has 0 saturated heterocycles. The lowest BCUT2D eigenvalue weighted by molar-refractivity contribution is 0.0701. The Morgan fingerprint density at radius 1 is 1.20 bits per heavy atom. The lowest BCUT2D eigenvalue weighted by Crippen LogP contribution is -2.55. The third-order valence-corrected chi connectivity index (χ3v) is 4.87. The number of ether oxygens (including phenoxy) is 2. The topological polar surface area (TPSA) is 30.5 Å². The molecule has 20 heavy (non-hydrogen) atoms. The number of hydrogen-bond donors (Lipinski definition) is 1. The Morgan fingerprint density at radius 3 is 2.30 bits per heavy atom. The minimum absolute atomic E-state index is 0.278. The summed E-state index contributed by atoms with van der Waals surface area (Å²) in [5.41, 5.74) is 2.96. The van der Waals surface area contributed by atoms with Crippen molar-refractivity contribution in [2.24, 2.45) is 5.41 Å². The van der Waals surface area contributed by atoms with Crippen LogP contribution in [0.15, 0.2) is 12.1 Å². The van der Waals surface area contributed by atoms with Gasteiger partial charge in [-0.2, -0.15) is 0 Å². The Labute approximate surface area is 122 Å². The number of methoxy groups -OCH3 is 2. The fourth-order valence-electron chi connectivity index (χ4n) is 3.42. The number of nitrogens with one attached hydrogen (secondary N) is 1. The number of benzene rings is 1. The van der Waals surface area contributed by atoms with E-state index in [0.29, 0.717) is 12.0 Å². The first-order valence-corrected chi connectivity index (χ1v) is 7.41. The highest BCUT2D eigenvalue weighted by atomic mass is 16.5. The zero-order chi connectivity index (χ0) is 14.9. The molecule has 0 aliphatic heterocycles. The summed E-state index contributed by atoms with van der Waals surface area (Å²) in [7, 11) is 3.38. The van der Waals surface area contributed by atoms with Gasteiger partial charge in [0.2, 0.25) is 0 Å². The second kappa shape index (κ2) is 5.65. The standard InChI is InChI=1S/C17H27NO2/c1-7-18-16-10-13(17(16,3)4)12-9-15(20-6)14(19-5)8-11(12)2/h8-9,13,16,18H,7,10H2,1-6H3. The first-order valence-electron chi connectivity index (χ1n) is 7.41. The molecule has 1 aromatic carbocycles. The van der Waals surface area contributed by atoms with E-state index in [2.05, 4.69) is 45.1 Å². The Bertz CT molecular complexity index is 482. The lowest BCUT2D eigenvalue weighted by Gasteiger charge is -2.53. The van der Waals surface area contributed by atoms with Crippen LogP contribution in [0.4, 0.5) is 0 Å². The Balaban J connectivity index is 2.31. The van der Waals surface area contributed by atoms with Gasteiger partial charge in [0.1, 0.15) is 0 Å². The van der Waals surface area contributed by atoms with E-state index in [1.807, 2.05) is 0 Å². The smallest absolute Gasteiger partial charge is 0.161 e. The van der Waals surface area contributed by atoms with Crippen molar-refractivity contribution in [2.45, 2.75) is 46.1 Å². The van der Waals surface area contributed by atoms with Crippen molar-refractivity contribution in [1.29, 1.82) is 0 Å². The average molecular weight is 277 g/mol. The molecule has 0 bridgehead atoms. The predicted molar refractivity (Wildman–Crippen MR) is 82.9 cm³/mol. The maximum atomic E-state index is 5.45. The fourth-order valence-corrected chi connectivity index (χ4v) is 3.42. The Morgan fingerprint density at radius 2 is 1.80 bits per heavy atom. The molecule has 0 radical (unpaired) electrons. The molecule has 2 atom stereocenters. The van der Waals surface area contributed by atoms with Gasteiger partial charge in [-0.3, -0.25) is 0 Å². The molecular weight excluding hydrogens is 250 g/mol. The van der Waals surface area contributed by atoms with Crippen LogP contribution >= 0.6 is 0 Å². The number of hydrogen-bond acceptors (Lipinski definition) is 3. The lowest BCUT2D eigenvalue weighted by atomic mass is 9.56. The zero-order valence-corrected chi connectivity index (χ0v) is 13.5. The summed E-state index contributed by atoms with van der Waals surface area (Å²) in [6.07, 6.45) is 1.19. The molecule has 112 valence electrons. The van der Waals surface area contributed by atoms with Gasteiger partial charge in [0.15, 0.2) is 11.5 Å². The summed E-state index contributed by atoms with van der Waals surface area (Å²) >= 11 is 0. The Kier molecular flexibility index (Phi) is 4.28. The van der Waals surface area contributed by atoms with Gasteiger partial charge in [-0.1, -0.05) is 20.8 Å². The minimum atomic E-state index is 0.278. The maximum absolute atomic E-state index is 5.45. The summed E-state index contributed by atoms with van der Waals surface area (Å²) in [6.45, 7) is 10.1. The number of aryl methyl sites for hydroxylation is 1. The van der Waals surface area contributed by atoms with E-state index in [0.717, 1.165) is 18.0 Å². The summed E-state index contributed by atoms with van der Waals surface area (Å²) in [5.74, 6) is 2.22. The molecular formula is C17H27NO2. The van der Waals surface area contributed by atoms with Gasteiger partial charge in [-0.25, -0.2) is 0 Å². The first kappa shape index (κ1) is 15.2. The van der Waals surface area contributed by atoms with E-state index >= 15 is 0 Å². The SMILES string of the molecule is CCNC1CC(c2cc(OC)c(OC)cc2C)C1(C)C. The van der Waals surface area contributed by atoms with Crippen molar-refractivity contribution in [1.82, 2.24) is 5.32 Å². The molecule has 3 nitrogen and oxygen atoms in total. The molecule has 3 heteroatoms. The molecule has 0 aromatic heterocycles. The molecule has 1 N–H and O–H groups in total. The van der Waals surface area contributed by atoms with Gasteiger partial charge in [0.05, 0.1) is 14.2 Å². The van der Waals surface area contributed by atoms with E-state index in [1.165, 1.54) is 17.5 Å². The van der Waals surface area contributed by atoms with Crippen LogP contribution in [0.5, 0.6) is 11.5 Å². The summed E-state index contributed by atoms with van der Waals surface area (Å²) < 4.78 is 10.8. The summed E-state index contributed by atoms with van der Waals surface area (Å²) in [6, 6.07) is 4.85.